The number of hydrogen-bond acceptors (Lipinski definition) is 11. The molecule has 2 aromatic carbocycles. The second-order valence-corrected chi connectivity index (χ2v) is 21.9. The Hall–Kier alpha value is -1.17. The van der Waals surface area contributed by atoms with Gasteiger partial charge < -0.3 is 32.7 Å². The number of amides is 1. The van der Waals surface area contributed by atoms with E-state index in [0.717, 1.165) is 8.95 Å². The van der Waals surface area contributed by atoms with Gasteiger partial charge in [0, 0.05) is 41.9 Å². The summed E-state index contributed by atoms with van der Waals surface area (Å²) in [7, 11) is -8.42. The van der Waals surface area contributed by atoms with Gasteiger partial charge in [-0.25, -0.2) is 16.8 Å². The Balaban J connectivity index is 1.67. The lowest BCUT2D eigenvalue weighted by atomic mass is 10.00. The Kier molecular flexibility index (Phi) is 15.1. The normalized spacial score (nSPS) is 28.8. The molecular weight excluding hydrogens is 877 g/mol. The van der Waals surface area contributed by atoms with Crippen LogP contribution in [0.15, 0.2) is 67.3 Å². The van der Waals surface area contributed by atoms with Gasteiger partial charge in [-0.05, 0) is 74.1 Å². The van der Waals surface area contributed by atoms with E-state index in [1.165, 1.54) is 38.3 Å². The maximum Gasteiger partial charge on any atom is 0.251 e. The van der Waals surface area contributed by atoms with Crippen LogP contribution in [0.4, 0.5) is 0 Å². The van der Waals surface area contributed by atoms with Gasteiger partial charge in [-0.15, -0.1) is 0 Å². The molecule has 2 fully saturated rings. The van der Waals surface area contributed by atoms with Gasteiger partial charge in [0.05, 0.1) is 46.9 Å². The molecule has 0 aliphatic carbocycles. The molecule has 11 atom stereocenters. The third-order valence-electron chi connectivity index (χ3n) is 10.1. The number of hydrogen-bond donors (Lipinski definition) is 0. The van der Waals surface area contributed by atoms with Crippen LogP contribution in [0, 0.1) is 17.8 Å². The average Bonchev–Trinajstić information content (AvgIpc) is 3.61. The summed E-state index contributed by atoms with van der Waals surface area (Å²) in [5.41, 5.74) is -2.45. The molecule has 0 spiro atoms. The van der Waals surface area contributed by atoms with Crippen molar-refractivity contribution in [2.24, 2.45) is 17.8 Å². The highest BCUT2D eigenvalue weighted by molar-refractivity contribution is 9.10. The van der Waals surface area contributed by atoms with Crippen molar-refractivity contribution in [1.29, 1.82) is 0 Å². The van der Waals surface area contributed by atoms with Crippen LogP contribution in [0.2, 0.25) is 0 Å². The minimum Gasteiger partial charge on any atom is -0.378 e. The molecule has 2 aliphatic heterocycles. The van der Waals surface area contributed by atoms with E-state index in [1.807, 2.05) is 27.7 Å². The highest BCUT2D eigenvalue weighted by Crippen LogP contribution is 2.56. The second kappa shape index (κ2) is 18.0. The molecule has 0 bridgehead atoms. The van der Waals surface area contributed by atoms with Crippen LogP contribution in [0.3, 0.4) is 0 Å². The van der Waals surface area contributed by atoms with Crippen LogP contribution in [0.25, 0.3) is 0 Å². The van der Waals surface area contributed by atoms with Crippen molar-refractivity contribution >= 4 is 71.3 Å². The second-order valence-electron chi connectivity index (χ2n) is 14.1. The van der Waals surface area contributed by atoms with E-state index < -0.39 is 86.5 Å². The fourth-order valence-corrected chi connectivity index (χ4v) is 13.0. The lowest BCUT2D eigenvalue weighted by Crippen LogP contribution is -2.45. The van der Waals surface area contributed by atoms with E-state index in [4.69, 9.17) is 27.8 Å². The van der Waals surface area contributed by atoms with Crippen LogP contribution < -0.4 is 0 Å². The summed E-state index contributed by atoms with van der Waals surface area (Å²) in [5.74, 6) is -1.56. The van der Waals surface area contributed by atoms with Gasteiger partial charge in [0.1, 0.15) is 6.10 Å². The molecule has 0 radical (unpaired) electrons. The van der Waals surface area contributed by atoms with E-state index >= 15 is 0 Å². The molecule has 2 heterocycles. The molecule has 5 unspecified atom stereocenters. The van der Waals surface area contributed by atoms with E-state index in [2.05, 4.69) is 38.2 Å². The van der Waals surface area contributed by atoms with E-state index in [9.17, 15) is 21.6 Å². The maximum atomic E-state index is 13.9. The molecule has 53 heavy (non-hydrogen) atoms. The number of methoxy groups -OCH3 is 1. The monoisotopic (exact) mass is 927 g/mol. The van der Waals surface area contributed by atoms with E-state index in [-0.39, 0.29) is 28.2 Å². The molecule has 2 aromatic rings. The zero-order valence-corrected chi connectivity index (χ0v) is 37.2. The minimum absolute atomic E-state index is 0.108. The lowest BCUT2D eigenvalue weighted by molar-refractivity contribution is -0.132. The SMILES string of the molecule is C=P(OC[C@H]1O[C@@H](S(=O)(=O)c2ccc(Br)cc2)[C@@H](C)C1OC)(OC(C(C)C)C(C)N(C)C(C)=O)OC1[C@@H](CC)O[C@@H](S(=O)(=O)c2ccc(Br)cc2)[C@H]1C. The van der Waals surface area contributed by atoms with Crippen molar-refractivity contribution in [3.05, 3.63) is 57.5 Å². The summed E-state index contributed by atoms with van der Waals surface area (Å²) in [5, 5.41) is 0. The first-order chi connectivity index (χ1) is 24.7. The number of nitrogens with zero attached hydrogens (tertiary/aromatic N) is 1. The van der Waals surface area contributed by atoms with Crippen molar-refractivity contribution in [3.63, 3.8) is 0 Å². The molecule has 17 heteroatoms. The van der Waals surface area contributed by atoms with Gasteiger partial charge in [0.2, 0.25) is 25.6 Å². The minimum atomic E-state index is -3.95. The summed E-state index contributed by atoms with van der Waals surface area (Å²) in [6.07, 6.45) is 1.15. The molecular formula is C36H52Br2NO11PS2. The van der Waals surface area contributed by atoms with Gasteiger partial charge in [0.15, 0.2) is 10.9 Å². The molecule has 298 valence electrons. The molecule has 0 aromatic heterocycles. The van der Waals surface area contributed by atoms with Crippen molar-refractivity contribution < 1.29 is 49.4 Å². The molecule has 12 nitrogen and oxygen atoms in total. The fourth-order valence-electron chi connectivity index (χ4n) is 6.87. The molecule has 0 N–H and O–H groups in total. The van der Waals surface area contributed by atoms with E-state index in [0.29, 0.717) is 6.42 Å². The van der Waals surface area contributed by atoms with Gasteiger partial charge in [-0.1, -0.05) is 66.5 Å². The average molecular weight is 930 g/mol. The summed E-state index contributed by atoms with van der Waals surface area (Å²) in [6.45, 7) is 12.4. The standard InChI is InChI=1S/C36H52Br2NO11PS2/c1-11-30-34(23(5)36(47-30)53(43,44)29-18-14-27(38)15-19-29)50-51(10,49-32(21(2)3)24(6)39(8)25(7)40)46-20-31-33(45-9)22(4)35(48-31)52(41,42)28-16-12-26(37)13-17-28/h12-19,21-24,30-36H,10-11,20H2,1-9H3/t22-,23-,24?,30+,31+,32?,33?,34?,35-,36-,51?/m0/s1. The Bertz CT molecular complexity index is 1830. The van der Waals surface area contributed by atoms with Crippen molar-refractivity contribution in [2.75, 3.05) is 20.8 Å². The zero-order valence-electron chi connectivity index (χ0n) is 31.5. The van der Waals surface area contributed by atoms with Crippen LogP contribution in [0.1, 0.15) is 54.9 Å². The Morgan fingerprint density at radius 1 is 0.868 bits per heavy atom. The summed E-state index contributed by atoms with van der Waals surface area (Å²) in [6, 6.07) is 12.3. The predicted octanol–water partition coefficient (Wildman–Crippen LogP) is 7.11. The van der Waals surface area contributed by atoms with Crippen LogP contribution in [-0.2, 0) is 52.3 Å². The van der Waals surface area contributed by atoms with Crippen molar-refractivity contribution in [2.45, 2.75) is 112 Å². The predicted molar refractivity (Wildman–Crippen MR) is 212 cm³/mol. The molecule has 4 rings (SSSR count). The third kappa shape index (κ3) is 9.87. The number of ether oxygens (including phenoxy) is 3. The highest BCUT2D eigenvalue weighted by Gasteiger charge is 2.52. The Morgan fingerprint density at radius 3 is 1.74 bits per heavy atom. The molecule has 0 saturated carbocycles. The number of likely N-dealkylation sites (N-methyl/N-ethyl adjacent to an activating group) is 1. The first kappa shape index (κ1) is 44.5. The first-order valence-corrected chi connectivity index (χ1v) is 23.9. The Morgan fingerprint density at radius 2 is 1.32 bits per heavy atom. The number of carbonyl (C=O) groups excluding carboxylic acids is 1. The van der Waals surface area contributed by atoms with Gasteiger partial charge in [-0.3, -0.25) is 4.79 Å². The number of sulfone groups is 2. The van der Waals surface area contributed by atoms with Gasteiger partial charge >= 0.3 is 0 Å². The lowest BCUT2D eigenvalue weighted by Gasteiger charge is -2.39. The van der Waals surface area contributed by atoms with Crippen molar-refractivity contribution in [3.8, 4) is 0 Å². The largest absolute Gasteiger partial charge is 0.378 e. The smallest absolute Gasteiger partial charge is 0.251 e. The fraction of sp³-hybridized carbons (Fsp3) is 0.611. The van der Waals surface area contributed by atoms with Gasteiger partial charge in [0.25, 0.3) is 7.57 Å². The summed E-state index contributed by atoms with van der Waals surface area (Å²) < 4.78 is 94.9. The van der Waals surface area contributed by atoms with Crippen LogP contribution in [0.5, 0.6) is 0 Å². The van der Waals surface area contributed by atoms with Crippen LogP contribution >= 0.6 is 39.4 Å². The van der Waals surface area contributed by atoms with Crippen LogP contribution in [-0.4, -0.2) is 102 Å². The van der Waals surface area contributed by atoms with Crippen molar-refractivity contribution in [1.82, 2.24) is 4.90 Å². The summed E-state index contributed by atoms with van der Waals surface area (Å²) in [4.78, 5) is 14.2. The maximum absolute atomic E-state index is 13.9. The quantitative estimate of drug-likeness (QED) is 0.159. The molecule has 2 saturated heterocycles. The van der Waals surface area contributed by atoms with Gasteiger partial charge in [-0.2, -0.15) is 0 Å². The Labute approximate surface area is 331 Å². The zero-order chi connectivity index (χ0) is 39.6. The first-order valence-electron chi connectivity index (χ1n) is 17.5. The third-order valence-corrected chi connectivity index (χ3v) is 16.9. The topological polar surface area (TPSA) is 144 Å². The number of carbonyl (C=O) groups is 1. The number of benzene rings is 2. The number of rotatable bonds is 16. The molecule has 2 aliphatic rings. The number of halogens is 2. The molecule has 1 amide bonds. The van der Waals surface area contributed by atoms with E-state index in [1.54, 1.807) is 50.1 Å². The summed E-state index contributed by atoms with van der Waals surface area (Å²) >= 11 is 6.70. The highest BCUT2D eigenvalue weighted by atomic mass is 79.9.